The highest BCUT2D eigenvalue weighted by Crippen LogP contribution is 2.29. The minimum absolute atomic E-state index is 0.00441. The number of pyridine rings is 1. The van der Waals surface area contributed by atoms with Gasteiger partial charge in [-0.05, 0) is 31.2 Å². The van der Waals surface area contributed by atoms with Gasteiger partial charge in [0.2, 0.25) is 0 Å². The van der Waals surface area contributed by atoms with Crippen molar-refractivity contribution < 1.29 is 9.47 Å². The van der Waals surface area contributed by atoms with Crippen molar-refractivity contribution in [1.29, 1.82) is 5.41 Å². The molecule has 1 aromatic carbocycles. The fourth-order valence-corrected chi connectivity index (χ4v) is 1.71. The van der Waals surface area contributed by atoms with Crippen LogP contribution in [0.1, 0.15) is 18.1 Å². The maximum absolute atomic E-state index is 7.44. The first kappa shape index (κ1) is 13.9. The van der Waals surface area contributed by atoms with E-state index >= 15 is 0 Å². The molecule has 0 aliphatic heterocycles. The summed E-state index contributed by atoms with van der Waals surface area (Å²) in [5, 5.41) is 7.44. The molecular weight excluding hydrogens is 254 g/mol. The SMILES string of the molecule is CCOc1cc(C(=N)N)ccc1OCc1cccnc1. The molecule has 0 bridgehead atoms. The van der Waals surface area contributed by atoms with E-state index in [1.165, 1.54) is 0 Å². The van der Waals surface area contributed by atoms with Crippen LogP contribution in [0, 0.1) is 5.41 Å². The summed E-state index contributed by atoms with van der Waals surface area (Å²) in [6.45, 7) is 2.82. The van der Waals surface area contributed by atoms with Gasteiger partial charge in [0.25, 0.3) is 0 Å². The highest BCUT2D eigenvalue weighted by atomic mass is 16.5. The second-order valence-corrected chi connectivity index (χ2v) is 4.16. The van der Waals surface area contributed by atoms with E-state index in [1.54, 1.807) is 30.6 Å². The Hall–Kier alpha value is -2.56. The Labute approximate surface area is 117 Å². The Morgan fingerprint density at radius 2 is 2.10 bits per heavy atom. The second kappa shape index (κ2) is 6.56. The number of rotatable bonds is 6. The smallest absolute Gasteiger partial charge is 0.161 e. The van der Waals surface area contributed by atoms with Gasteiger partial charge in [-0.1, -0.05) is 6.07 Å². The molecule has 0 saturated carbocycles. The zero-order valence-electron chi connectivity index (χ0n) is 11.3. The summed E-state index contributed by atoms with van der Waals surface area (Å²) in [5.41, 5.74) is 7.06. The van der Waals surface area contributed by atoms with Gasteiger partial charge in [0.05, 0.1) is 6.61 Å². The zero-order valence-corrected chi connectivity index (χ0v) is 11.3. The molecule has 0 amide bonds. The van der Waals surface area contributed by atoms with Crippen molar-refractivity contribution in [2.75, 3.05) is 6.61 Å². The predicted molar refractivity (Wildman–Crippen MR) is 77.2 cm³/mol. The average molecular weight is 271 g/mol. The standard InChI is InChI=1S/C15H17N3O2/c1-2-19-14-8-12(15(16)17)5-6-13(14)20-10-11-4-3-7-18-9-11/h3-9H,2,10H2,1H3,(H3,16,17). The van der Waals surface area contributed by atoms with Gasteiger partial charge in [-0.15, -0.1) is 0 Å². The minimum atomic E-state index is 0.00441. The molecule has 0 radical (unpaired) electrons. The number of nitrogens with one attached hydrogen (secondary N) is 1. The number of hydrogen-bond donors (Lipinski definition) is 2. The van der Waals surface area contributed by atoms with E-state index in [4.69, 9.17) is 20.6 Å². The topological polar surface area (TPSA) is 81.2 Å². The molecule has 0 unspecified atom stereocenters. The molecule has 0 aliphatic carbocycles. The largest absolute Gasteiger partial charge is 0.490 e. The number of nitrogen functional groups attached to an aromatic ring is 1. The van der Waals surface area contributed by atoms with Crippen molar-refractivity contribution in [2.45, 2.75) is 13.5 Å². The molecule has 0 spiro atoms. The van der Waals surface area contributed by atoms with Crippen LogP contribution in [0.4, 0.5) is 0 Å². The molecule has 20 heavy (non-hydrogen) atoms. The van der Waals surface area contributed by atoms with Crippen LogP contribution >= 0.6 is 0 Å². The summed E-state index contributed by atoms with van der Waals surface area (Å²) in [5.74, 6) is 1.22. The van der Waals surface area contributed by atoms with Crippen molar-refractivity contribution in [3.8, 4) is 11.5 Å². The normalized spacial score (nSPS) is 10.1. The first-order valence-electron chi connectivity index (χ1n) is 6.33. The van der Waals surface area contributed by atoms with Crippen molar-refractivity contribution in [3.63, 3.8) is 0 Å². The predicted octanol–water partition coefficient (Wildman–Crippen LogP) is 2.34. The lowest BCUT2D eigenvalue weighted by atomic mass is 10.2. The van der Waals surface area contributed by atoms with Gasteiger partial charge in [0.1, 0.15) is 12.4 Å². The number of nitrogens with two attached hydrogens (primary N) is 1. The van der Waals surface area contributed by atoms with E-state index in [0.29, 0.717) is 30.3 Å². The second-order valence-electron chi connectivity index (χ2n) is 4.16. The molecule has 0 saturated heterocycles. The highest BCUT2D eigenvalue weighted by Gasteiger charge is 2.08. The van der Waals surface area contributed by atoms with Crippen molar-refractivity contribution in [1.82, 2.24) is 4.98 Å². The van der Waals surface area contributed by atoms with Crippen LogP contribution in [0.25, 0.3) is 0 Å². The highest BCUT2D eigenvalue weighted by molar-refractivity contribution is 5.95. The first-order valence-corrected chi connectivity index (χ1v) is 6.33. The van der Waals surface area contributed by atoms with Gasteiger partial charge in [-0.2, -0.15) is 0 Å². The lowest BCUT2D eigenvalue weighted by Gasteiger charge is -2.13. The Balaban J connectivity index is 2.16. The monoisotopic (exact) mass is 271 g/mol. The maximum atomic E-state index is 7.44. The van der Waals surface area contributed by atoms with Crippen LogP contribution in [-0.4, -0.2) is 17.4 Å². The zero-order chi connectivity index (χ0) is 14.4. The Morgan fingerprint density at radius 1 is 1.25 bits per heavy atom. The van der Waals surface area contributed by atoms with Crippen LogP contribution in [0.3, 0.4) is 0 Å². The van der Waals surface area contributed by atoms with E-state index in [9.17, 15) is 0 Å². The molecule has 2 rings (SSSR count). The van der Waals surface area contributed by atoms with Gasteiger partial charge in [-0.25, -0.2) is 0 Å². The van der Waals surface area contributed by atoms with E-state index in [2.05, 4.69) is 4.98 Å². The number of benzene rings is 1. The third kappa shape index (κ3) is 3.47. The number of aromatic nitrogens is 1. The third-order valence-corrected chi connectivity index (χ3v) is 2.67. The van der Waals surface area contributed by atoms with Gasteiger partial charge >= 0.3 is 0 Å². The molecule has 5 nitrogen and oxygen atoms in total. The number of hydrogen-bond acceptors (Lipinski definition) is 4. The number of amidine groups is 1. The molecule has 104 valence electrons. The lowest BCUT2D eigenvalue weighted by Crippen LogP contribution is -2.11. The number of ether oxygens (including phenoxy) is 2. The van der Waals surface area contributed by atoms with Crippen molar-refractivity contribution in [3.05, 3.63) is 53.9 Å². The fraction of sp³-hybridized carbons (Fsp3) is 0.200. The minimum Gasteiger partial charge on any atom is -0.490 e. The van der Waals surface area contributed by atoms with Crippen LogP contribution in [0.15, 0.2) is 42.7 Å². The molecule has 1 aromatic heterocycles. The van der Waals surface area contributed by atoms with Crippen LogP contribution in [-0.2, 0) is 6.61 Å². The van der Waals surface area contributed by atoms with E-state index in [1.807, 2.05) is 19.1 Å². The molecule has 0 atom stereocenters. The molecule has 1 heterocycles. The maximum Gasteiger partial charge on any atom is 0.161 e. The summed E-state index contributed by atoms with van der Waals surface area (Å²) in [4.78, 5) is 4.04. The van der Waals surface area contributed by atoms with E-state index in [0.717, 1.165) is 5.56 Å². The van der Waals surface area contributed by atoms with Gasteiger partial charge in [0.15, 0.2) is 11.5 Å². The Bertz CT molecular complexity index is 585. The lowest BCUT2D eigenvalue weighted by molar-refractivity contribution is 0.269. The third-order valence-electron chi connectivity index (χ3n) is 2.67. The Kier molecular flexibility index (Phi) is 4.55. The Morgan fingerprint density at radius 3 is 2.75 bits per heavy atom. The molecule has 0 aliphatic rings. The summed E-state index contributed by atoms with van der Waals surface area (Å²) in [6.07, 6.45) is 3.47. The number of nitrogens with zero attached hydrogens (tertiary/aromatic N) is 1. The van der Waals surface area contributed by atoms with Crippen LogP contribution < -0.4 is 15.2 Å². The quantitative estimate of drug-likeness (QED) is 0.624. The summed E-state index contributed by atoms with van der Waals surface area (Å²) in [7, 11) is 0. The molecule has 0 fully saturated rings. The van der Waals surface area contributed by atoms with Crippen LogP contribution in [0.5, 0.6) is 11.5 Å². The summed E-state index contributed by atoms with van der Waals surface area (Å²) < 4.78 is 11.3. The molecular formula is C15H17N3O2. The van der Waals surface area contributed by atoms with E-state index < -0.39 is 0 Å². The summed E-state index contributed by atoms with van der Waals surface area (Å²) >= 11 is 0. The van der Waals surface area contributed by atoms with Gasteiger partial charge in [0, 0.05) is 23.5 Å². The molecule has 2 aromatic rings. The first-order chi connectivity index (χ1) is 9.70. The van der Waals surface area contributed by atoms with Crippen molar-refractivity contribution in [2.24, 2.45) is 5.73 Å². The fourth-order valence-electron chi connectivity index (χ4n) is 1.71. The summed E-state index contributed by atoms with van der Waals surface area (Å²) in [6, 6.07) is 9.02. The average Bonchev–Trinajstić information content (AvgIpc) is 2.47. The van der Waals surface area contributed by atoms with E-state index in [-0.39, 0.29) is 5.84 Å². The van der Waals surface area contributed by atoms with Crippen LogP contribution in [0.2, 0.25) is 0 Å². The van der Waals surface area contributed by atoms with Gasteiger partial charge in [-0.3, -0.25) is 10.4 Å². The molecule has 5 heteroatoms. The van der Waals surface area contributed by atoms with Gasteiger partial charge < -0.3 is 15.2 Å². The molecule has 3 N–H and O–H groups in total. The van der Waals surface area contributed by atoms with Crippen molar-refractivity contribution >= 4 is 5.84 Å².